The number of hydrogen-bond acceptors (Lipinski definition) is 4. The molecule has 108 valence electrons. The molecule has 0 bridgehead atoms. The summed E-state index contributed by atoms with van der Waals surface area (Å²) in [5.41, 5.74) is -1.38. The van der Waals surface area contributed by atoms with E-state index in [2.05, 4.69) is 0 Å². The van der Waals surface area contributed by atoms with Crippen molar-refractivity contribution in [3.63, 3.8) is 0 Å². The molecule has 0 radical (unpaired) electrons. The Hall–Kier alpha value is -1.06. The predicted octanol–water partition coefficient (Wildman–Crippen LogP) is 3.13. The SMILES string of the molecule is CC1(OC(=O)C2(OC=O)CCCCC2)CCCCC1. The van der Waals surface area contributed by atoms with E-state index in [4.69, 9.17) is 9.47 Å². The lowest BCUT2D eigenvalue weighted by Gasteiger charge is -2.39. The molecule has 2 rings (SSSR count). The number of esters is 1. The van der Waals surface area contributed by atoms with E-state index in [1.54, 1.807) is 0 Å². The molecule has 0 saturated heterocycles. The van der Waals surface area contributed by atoms with Crippen LogP contribution in [0.2, 0.25) is 0 Å². The molecule has 2 fully saturated rings. The molecule has 2 aliphatic carbocycles. The molecule has 0 aromatic heterocycles. The van der Waals surface area contributed by atoms with Gasteiger partial charge in [0, 0.05) is 0 Å². The fourth-order valence-corrected chi connectivity index (χ4v) is 3.30. The van der Waals surface area contributed by atoms with Crippen LogP contribution < -0.4 is 0 Å². The summed E-state index contributed by atoms with van der Waals surface area (Å²) >= 11 is 0. The van der Waals surface area contributed by atoms with E-state index < -0.39 is 5.60 Å². The van der Waals surface area contributed by atoms with E-state index >= 15 is 0 Å². The zero-order valence-electron chi connectivity index (χ0n) is 11.8. The Balaban J connectivity index is 2.04. The van der Waals surface area contributed by atoms with Crippen molar-refractivity contribution in [3.05, 3.63) is 0 Å². The zero-order valence-corrected chi connectivity index (χ0v) is 11.8. The van der Waals surface area contributed by atoms with Gasteiger partial charge in [-0.3, -0.25) is 4.79 Å². The molecule has 0 unspecified atom stereocenters. The normalized spacial score (nSPS) is 25.3. The Bertz CT molecular complexity index is 325. The summed E-state index contributed by atoms with van der Waals surface area (Å²) in [7, 11) is 0. The second kappa shape index (κ2) is 5.93. The Morgan fingerprint density at radius 2 is 1.47 bits per heavy atom. The minimum absolute atomic E-state index is 0.330. The summed E-state index contributed by atoms with van der Waals surface area (Å²) in [4.78, 5) is 23.2. The minimum Gasteiger partial charge on any atom is -0.456 e. The zero-order chi connectivity index (χ0) is 13.8. The van der Waals surface area contributed by atoms with Crippen LogP contribution in [-0.2, 0) is 19.1 Å². The second-order valence-corrected chi connectivity index (χ2v) is 6.17. The van der Waals surface area contributed by atoms with E-state index in [1.165, 1.54) is 6.42 Å². The lowest BCUT2D eigenvalue weighted by molar-refractivity contribution is -0.193. The Morgan fingerprint density at radius 1 is 0.947 bits per heavy atom. The van der Waals surface area contributed by atoms with Gasteiger partial charge < -0.3 is 9.47 Å². The highest BCUT2D eigenvalue weighted by molar-refractivity contribution is 5.81. The topological polar surface area (TPSA) is 52.6 Å². The Morgan fingerprint density at radius 3 is 2.00 bits per heavy atom. The summed E-state index contributed by atoms with van der Waals surface area (Å²) < 4.78 is 10.9. The fourth-order valence-electron chi connectivity index (χ4n) is 3.30. The lowest BCUT2D eigenvalue weighted by Crippen LogP contribution is -2.48. The average molecular weight is 268 g/mol. The number of carbonyl (C=O) groups is 2. The first-order valence-corrected chi connectivity index (χ1v) is 7.45. The van der Waals surface area contributed by atoms with Crippen LogP contribution in [0.25, 0.3) is 0 Å². The van der Waals surface area contributed by atoms with Crippen LogP contribution in [0.5, 0.6) is 0 Å². The van der Waals surface area contributed by atoms with Crippen molar-refractivity contribution in [2.75, 3.05) is 0 Å². The second-order valence-electron chi connectivity index (χ2n) is 6.17. The molecule has 0 aromatic rings. The average Bonchev–Trinajstić information content (AvgIpc) is 2.40. The quantitative estimate of drug-likeness (QED) is 0.580. The van der Waals surface area contributed by atoms with Crippen molar-refractivity contribution >= 4 is 12.4 Å². The Kier molecular flexibility index (Phi) is 4.48. The first kappa shape index (κ1) is 14.4. The molecule has 4 heteroatoms. The summed E-state index contributed by atoms with van der Waals surface area (Å²) in [6.45, 7) is 2.40. The maximum absolute atomic E-state index is 12.5. The van der Waals surface area contributed by atoms with Gasteiger partial charge in [0.05, 0.1) is 0 Å². The minimum atomic E-state index is -1.01. The van der Waals surface area contributed by atoms with E-state index in [1.807, 2.05) is 6.92 Å². The smallest absolute Gasteiger partial charge is 0.351 e. The van der Waals surface area contributed by atoms with Crippen molar-refractivity contribution in [3.8, 4) is 0 Å². The number of hydrogen-bond donors (Lipinski definition) is 0. The summed E-state index contributed by atoms with van der Waals surface area (Å²) in [6, 6.07) is 0. The Labute approximate surface area is 114 Å². The third kappa shape index (κ3) is 3.28. The largest absolute Gasteiger partial charge is 0.456 e. The van der Waals surface area contributed by atoms with Gasteiger partial charge in [0.15, 0.2) is 0 Å². The first-order valence-electron chi connectivity index (χ1n) is 7.45. The molecule has 2 aliphatic rings. The summed E-state index contributed by atoms with van der Waals surface area (Å²) in [6.07, 6.45) is 9.36. The molecular weight excluding hydrogens is 244 g/mol. The standard InChI is InChI=1S/C15H24O4/c1-14(8-4-2-5-9-14)19-13(17)15(18-12-16)10-6-3-7-11-15/h12H,2-11H2,1H3. The lowest BCUT2D eigenvalue weighted by atomic mass is 9.83. The molecule has 0 aromatic carbocycles. The molecule has 0 amide bonds. The highest BCUT2D eigenvalue weighted by Crippen LogP contribution is 2.37. The molecule has 0 N–H and O–H groups in total. The molecule has 2 saturated carbocycles. The molecule has 19 heavy (non-hydrogen) atoms. The number of ether oxygens (including phenoxy) is 2. The van der Waals surface area contributed by atoms with Gasteiger partial charge in [0.2, 0.25) is 5.60 Å². The van der Waals surface area contributed by atoms with E-state index in [-0.39, 0.29) is 11.6 Å². The van der Waals surface area contributed by atoms with Gasteiger partial charge in [0.25, 0.3) is 6.47 Å². The molecule has 0 aliphatic heterocycles. The highest BCUT2D eigenvalue weighted by atomic mass is 16.6. The van der Waals surface area contributed by atoms with Crippen molar-refractivity contribution in [2.24, 2.45) is 0 Å². The predicted molar refractivity (Wildman–Crippen MR) is 70.5 cm³/mol. The third-order valence-electron chi connectivity index (χ3n) is 4.56. The van der Waals surface area contributed by atoms with Crippen molar-refractivity contribution in [1.29, 1.82) is 0 Å². The fraction of sp³-hybridized carbons (Fsp3) is 0.867. The van der Waals surface area contributed by atoms with Crippen LogP contribution in [0.4, 0.5) is 0 Å². The summed E-state index contributed by atoms with van der Waals surface area (Å²) in [5, 5.41) is 0. The monoisotopic (exact) mass is 268 g/mol. The van der Waals surface area contributed by atoms with Gasteiger partial charge in [-0.05, 0) is 58.3 Å². The third-order valence-corrected chi connectivity index (χ3v) is 4.56. The van der Waals surface area contributed by atoms with Crippen LogP contribution in [0.15, 0.2) is 0 Å². The first-order chi connectivity index (χ1) is 9.10. The van der Waals surface area contributed by atoms with Gasteiger partial charge in [-0.25, -0.2) is 4.79 Å². The molecule has 0 atom stereocenters. The van der Waals surface area contributed by atoms with Crippen molar-refractivity contribution < 1.29 is 19.1 Å². The molecule has 0 spiro atoms. The molecular formula is C15H24O4. The van der Waals surface area contributed by atoms with E-state index in [0.717, 1.165) is 44.9 Å². The van der Waals surface area contributed by atoms with Crippen LogP contribution in [-0.4, -0.2) is 23.6 Å². The summed E-state index contributed by atoms with van der Waals surface area (Å²) in [5.74, 6) is -0.330. The molecule has 4 nitrogen and oxygen atoms in total. The van der Waals surface area contributed by atoms with Crippen LogP contribution in [0.3, 0.4) is 0 Å². The van der Waals surface area contributed by atoms with Gasteiger partial charge in [-0.2, -0.15) is 0 Å². The number of rotatable bonds is 4. The maximum Gasteiger partial charge on any atom is 0.351 e. The van der Waals surface area contributed by atoms with Gasteiger partial charge in [0.1, 0.15) is 5.60 Å². The maximum atomic E-state index is 12.5. The highest BCUT2D eigenvalue weighted by Gasteiger charge is 2.46. The molecule has 0 heterocycles. The van der Waals surface area contributed by atoms with E-state index in [0.29, 0.717) is 19.3 Å². The van der Waals surface area contributed by atoms with Crippen LogP contribution in [0.1, 0.15) is 71.1 Å². The van der Waals surface area contributed by atoms with Gasteiger partial charge >= 0.3 is 5.97 Å². The van der Waals surface area contributed by atoms with Gasteiger partial charge in [-0.1, -0.05) is 12.8 Å². The van der Waals surface area contributed by atoms with Crippen molar-refractivity contribution in [2.45, 2.75) is 82.3 Å². The van der Waals surface area contributed by atoms with E-state index in [9.17, 15) is 9.59 Å². The number of carbonyl (C=O) groups excluding carboxylic acids is 2. The van der Waals surface area contributed by atoms with Crippen molar-refractivity contribution in [1.82, 2.24) is 0 Å². The van der Waals surface area contributed by atoms with Crippen LogP contribution in [0, 0.1) is 0 Å². The van der Waals surface area contributed by atoms with Gasteiger partial charge in [-0.15, -0.1) is 0 Å². The van der Waals surface area contributed by atoms with Crippen LogP contribution >= 0.6 is 0 Å².